The molecule has 0 spiro atoms. The number of aromatic nitrogens is 2. The van der Waals surface area contributed by atoms with E-state index in [1.165, 1.54) is 11.3 Å². The minimum Gasteiger partial charge on any atom is -0.444 e. The number of ether oxygens (including phenoxy) is 1. The lowest BCUT2D eigenvalue weighted by Crippen LogP contribution is -2.42. The van der Waals surface area contributed by atoms with E-state index in [0.29, 0.717) is 28.7 Å². The van der Waals surface area contributed by atoms with Gasteiger partial charge in [0.1, 0.15) is 11.6 Å². The number of halogens is 1. The fourth-order valence-electron chi connectivity index (χ4n) is 3.29. The zero-order valence-electron chi connectivity index (χ0n) is 17.1. The number of rotatable bonds is 5. The summed E-state index contributed by atoms with van der Waals surface area (Å²) in [6.07, 6.45) is 1.69. The molecule has 164 valence electrons. The van der Waals surface area contributed by atoms with Crippen LogP contribution in [0, 0.1) is 5.92 Å². The second-order valence-electron chi connectivity index (χ2n) is 8.23. The van der Waals surface area contributed by atoms with E-state index in [9.17, 15) is 14.4 Å². The van der Waals surface area contributed by atoms with E-state index in [0.717, 1.165) is 12.8 Å². The highest BCUT2D eigenvalue weighted by Crippen LogP contribution is 2.29. The summed E-state index contributed by atoms with van der Waals surface area (Å²) in [6, 6.07) is 2.71. The van der Waals surface area contributed by atoms with Crippen LogP contribution in [-0.2, 0) is 4.74 Å². The number of carbonyl (C=O) groups is 2. The molecular weight excluding hydrogens is 432 g/mol. The summed E-state index contributed by atoms with van der Waals surface area (Å²) in [7, 11) is 0. The van der Waals surface area contributed by atoms with E-state index in [2.05, 4.69) is 15.5 Å². The molecule has 3 rings (SSSR count). The Labute approximate surface area is 182 Å². The number of H-pyrrole nitrogens is 1. The van der Waals surface area contributed by atoms with Gasteiger partial charge in [-0.2, -0.15) is 0 Å². The minimum absolute atomic E-state index is 0.130. The number of thiophene rings is 1. The maximum Gasteiger partial charge on any atom is 0.434 e. The predicted octanol–water partition coefficient (Wildman–Crippen LogP) is 3.59. The number of likely N-dealkylation sites (tertiary alicyclic amines) is 1. The largest absolute Gasteiger partial charge is 0.444 e. The van der Waals surface area contributed by atoms with Crippen LogP contribution in [0.1, 0.15) is 61.6 Å². The van der Waals surface area contributed by atoms with E-state index in [4.69, 9.17) is 20.8 Å². The van der Waals surface area contributed by atoms with Gasteiger partial charge in [-0.05, 0) is 58.1 Å². The van der Waals surface area contributed by atoms with Crippen LogP contribution in [-0.4, -0.2) is 45.8 Å². The van der Waals surface area contributed by atoms with Gasteiger partial charge in [0.15, 0.2) is 0 Å². The molecule has 0 radical (unpaired) electrons. The Balaban J connectivity index is 1.62. The molecule has 9 nitrogen and oxygen atoms in total. The SMILES string of the molecule is CC(C)(C)OC(=O)N1CCC(CC(NC(=O)c2ccc(Cl)s2)c2n[nH]c(=O)o2)CC1. The maximum atomic E-state index is 12.6. The van der Waals surface area contributed by atoms with E-state index >= 15 is 0 Å². The molecular formula is C19H25ClN4O5S. The molecule has 1 aliphatic heterocycles. The third-order valence-electron chi connectivity index (χ3n) is 4.69. The monoisotopic (exact) mass is 456 g/mol. The first-order valence-corrected chi connectivity index (χ1v) is 10.9. The second-order valence-corrected chi connectivity index (χ2v) is 9.94. The molecule has 0 saturated carbocycles. The van der Waals surface area contributed by atoms with Crippen LogP contribution in [0.2, 0.25) is 4.34 Å². The molecule has 11 heteroatoms. The van der Waals surface area contributed by atoms with Crippen molar-refractivity contribution in [3.05, 3.63) is 37.8 Å². The molecule has 3 heterocycles. The Bertz CT molecular complexity index is 939. The van der Waals surface area contributed by atoms with Gasteiger partial charge in [-0.25, -0.2) is 14.7 Å². The Morgan fingerprint density at radius 1 is 1.40 bits per heavy atom. The smallest absolute Gasteiger partial charge is 0.434 e. The van der Waals surface area contributed by atoms with Crippen molar-refractivity contribution >= 4 is 34.9 Å². The number of carbonyl (C=O) groups excluding carboxylic acids is 2. The number of amides is 2. The van der Waals surface area contributed by atoms with E-state index in [-0.39, 0.29) is 23.8 Å². The van der Waals surface area contributed by atoms with Gasteiger partial charge in [0, 0.05) is 13.1 Å². The normalized spacial score (nSPS) is 16.3. The molecule has 0 bridgehead atoms. The van der Waals surface area contributed by atoms with Gasteiger partial charge in [0.05, 0.1) is 9.21 Å². The first kappa shape index (κ1) is 22.4. The van der Waals surface area contributed by atoms with Crippen molar-refractivity contribution in [3.8, 4) is 0 Å². The molecule has 0 aliphatic carbocycles. The topological polar surface area (TPSA) is 118 Å². The van der Waals surface area contributed by atoms with Crippen LogP contribution in [0.15, 0.2) is 21.3 Å². The minimum atomic E-state index is -0.678. The summed E-state index contributed by atoms with van der Waals surface area (Å²) in [6.45, 7) is 6.63. The third kappa shape index (κ3) is 6.09. The summed E-state index contributed by atoms with van der Waals surface area (Å²) >= 11 is 7.08. The van der Waals surface area contributed by atoms with Gasteiger partial charge in [-0.3, -0.25) is 4.79 Å². The summed E-state index contributed by atoms with van der Waals surface area (Å²) in [5, 5.41) is 9.01. The third-order valence-corrected chi connectivity index (χ3v) is 5.92. The average Bonchev–Trinajstić information content (AvgIpc) is 3.29. The summed E-state index contributed by atoms with van der Waals surface area (Å²) in [5.41, 5.74) is -0.536. The van der Waals surface area contributed by atoms with E-state index in [1.807, 2.05) is 20.8 Å². The summed E-state index contributed by atoms with van der Waals surface area (Å²) in [4.78, 5) is 38.4. The van der Waals surface area contributed by atoms with Gasteiger partial charge in [0.2, 0.25) is 5.89 Å². The highest BCUT2D eigenvalue weighted by molar-refractivity contribution is 7.18. The molecule has 2 aromatic heterocycles. The van der Waals surface area contributed by atoms with Crippen molar-refractivity contribution in [2.75, 3.05) is 13.1 Å². The van der Waals surface area contributed by atoms with Gasteiger partial charge in [-0.1, -0.05) is 11.6 Å². The lowest BCUT2D eigenvalue weighted by molar-refractivity contribution is 0.0177. The fourth-order valence-corrected chi connectivity index (χ4v) is 4.23. The molecule has 2 aromatic rings. The zero-order valence-corrected chi connectivity index (χ0v) is 18.6. The van der Waals surface area contributed by atoms with E-state index in [1.54, 1.807) is 17.0 Å². The highest BCUT2D eigenvalue weighted by Gasteiger charge is 2.30. The number of aromatic amines is 1. The van der Waals surface area contributed by atoms with Crippen molar-refractivity contribution in [3.63, 3.8) is 0 Å². The predicted molar refractivity (Wildman–Crippen MR) is 112 cm³/mol. The van der Waals surface area contributed by atoms with Gasteiger partial charge >= 0.3 is 11.8 Å². The lowest BCUT2D eigenvalue weighted by atomic mass is 9.90. The van der Waals surface area contributed by atoms with Crippen molar-refractivity contribution in [1.29, 1.82) is 0 Å². The lowest BCUT2D eigenvalue weighted by Gasteiger charge is -2.34. The quantitative estimate of drug-likeness (QED) is 0.709. The van der Waals surface area contributed by atoms with Gasteiger partial charge in [0.25, 0.3) is 5.91 Å². The van der Waals surface area contributed by atoms with Crippen LogP contribution >= 0.6 is 22.9 Å². The van der Waals surface area contributed by atoms with Crippen molar-refractivity contribution in [2.24, 2.45) is 5.92 Å². The number of hydrogen-bond acceptors (Lipinski definition) is 7. The number of nitrogens with zero attached hydrogens (tertiary/aromatic N) is 2. The summed E-state index contributed by atoms with van der Waals surface area (Å²) < 4.78 is 11.0. The number of hydrogen-bond donors (Lipinski definition) is 2. The van der Waals surface area contributed by atoms with Crippen molar-refractivity contribution in [1.82, 2.24) is 20.4 Å². The fraction of sp³-hybridized carbons (Fsp3) is 0.579. The van der Waals surface area contributed by atoms with Crippen LogP contribution in [0.4, 0.5) is 4.79 Å². The molecule has 2 amide bonds. The first-order chi connectivity index (χ1) is 14.1. The second kappa shape index (κ2) is 9.22. The number of nitrogens with one attached hydrogen (secondary N) is 2. The van der Waals surface area contributed by atoms with Gasteiger partial charge < -0.3 is 19.4 Å². The maximum absolute atomic E-state index is 12.6. The number of piperidine rings is 1. The average molecular weight is 457 g/mol. The molecule has 1 unspecified atom stereocenters. The van der Waals surface area contributed by atoms with Crippen LogP contribution < -0.4 is 11.1 Å². The Kier molecular flexibility index (Phi) is 6.87. The van der Waals surface area contributed by atoms with Crippen LogP contribution in [0.5, 0.6) is 0 Å². The first-order valence-electron chi connectivity index (χ1n) is 9.70. The molecule has 0 aromatic carbocycles. The van der Waals surface area contributed by atoms with Crippen LogP contribution in [0.3, 0.4) is 0 Å². The van der Waals surface area contributed by atoms with Crippen LogP contribution in [0.25, 0.3) is 0 Å². The molecule has 2 N–H and O–H groups in total. The molecule has 1 atom stereocenters. The zero-order chi connectivity index (χ0) is 21.9. The van der Waals surface area contributed by atoms with Crippen molar-refractivity contribution in [2.45, 2.75) is 51.7 Å². The standard InChI is InChI=1S/C19H25ClN4O5S/c1-19(2,3)29-18(27)24-8-6-11(7-9-24)10-12(16-22-23-17(26)28-16)21-15(25)13-4-5-14(20)30-13/h4-5,11-12H,6-10H2,1-3H3,(H,21,25)(H,23,26). The van der Waals surface area contributed by atoms with Gasteiger partial charge in [-0.15, -0.1) is 16.4 Å². The van der Waals surface area contributed by atoms with Crippen molar-refractivity contribution < 1.29 is 18.7 Å². The Hall–Kier alpha value is -2.33. The Morgan fingerprint density at radius 3 is 2.63 bits per heavy atom. The highest BCUT2D eigenvalue weighted by atomic mass is 35.5. The Morgan fingerprint density at radius 2 is 2.10 bits per heavy atom. The molecule has 1 saturated heterocycles. The van der Waals surface area contributed by atoms with E-state index < -0.39 is 17.4 Å². The molecule has 1 fully saturated rings. The molecule has 30 heavy (non-hydrogen) atoms. The summed E-state index contributed by atoms with van der Waals surface area (Å²) in [5.74, 6) is -0.648. The molecule has 1 aliphatic rings.